The van der Waals surface area contributed by atoms with Gasteiger partial charge >= 0.3 is 0 Å². The van der Waals surface area contributed by atoms with E-state index in [0.717, 1.165) is 11.8 Å². The normalized spacial score (nSPS) is 18.2. The summed E-state index contributed by atoms with van der Waals surface area (Å²) < 4.78 is 52.2. The van der Waals surface area contributed by atoms with Crippen molar-refractivity contribution in [2.75, 3.05) is 18.6 Å². The Hall–Kier alpha value is -2.79. The third-order valence-corrected chi connectivity index (χ3v) is 8.33. The molecule has 7 nitrogen and oxygen atoms in total. The van der Waals surface area contributed by atoms with Gasteiger partial charge in [-0.1, -0.05) is 11.8 Å². The molecule has 2 heterocycles. The van der Waals surface area contributed by atoms with Crippen molar-refractivity contribution in [3.63, 3.8) is 0 Å². The van der Waals surface area contributed by atoms with E-state index in [4.69, 9.17) is 0 Å². The summed E-state index contributed by atoms with van der Waals surface area (Å²) >= 11 is 1.16. The number of carbonyl (C=O) groups excluding carboxylic acids is 1. The molecule has 2 unspecified atom stereocenters. The lowest BCUT2D eigenvalue weighted by atomic mass is 10.2. The topological polar surface area (TPSA) is 85.2 Å². The van der Waals surface area contributed by atoms with Crippen molar-refractivity contribution in [2.45, 2.75) is 29.8 Å². The summed E-state index contributed by atoms with van der Waals surface area (Å²) in [7, 11) is -1.51. The van der Waals surface area contributed by atoms with Crippen LogP contribution in [0.2, 0.25) is 0 Å². The molecule has 0 N–H and O–H groups in total. The van der Waals surface area contributed by atoms with E-state index in [0.29, 0.717) is 28.7 Å². The summed E-state index contributed by atoms with van der Waals surface area (Å²) in [5, 5.41) is 8.29. The molecule has 0 saturated carbocycles. The van der Waals surface area contributed by atoms with Crippen molar-refractivity contribution in [1.82, 2.24) is 19.7 Å². The van der Waals surface area contributed by atoms with Crippen LogP contribution in [0.15, 0.2) is 53.7 Å². The average molecular weight is 493 g/mol. The minimum atomic E-state index is -3.12. The molecule has 1 aliphatic heterocycles. The molecule has 1 saturated heterocycles. The van der Waals surface area contributed by atoms with Crippen molar-refractivity contribution in [3.8, 4) is 17.1 Å². The van der Waals surface area contributed by atoms with E-state index in [-0.39, 0.29) is 23.5 Å². The number of hydrogen-bond donors (Lipinski definition) is 0. The molecule has 2 atom stereocenters. The highest BCUT2D eigenvalue weighted by atomic mass is 32.2. The van der Waals surface area contributed by atoms with Gasteiger partial charge in [-0.05, 0) is 61.9 Å². The predicted octanol–water partition coefficient (Wildman–Crippen LogP) is 3.34. The van der Waals surface area contributed by atoms with E-state index in [1.807, 2.05) is 0 Å². The maximum absolute atomic E-state index is 13.5. The van der Waals surface area contributed by atoms with E-state index in [9.17, 15) is 22.0 Å². The molecule has 1 fully saturated rings. The third-order valence-electron chi connectivity index (χ3n) is 5.55. The zero-order valence-corrected chi connectivity index (χ0v) is 19.6. The first kappa shape index (κ1) is 23.4. The summed E-state index contributed by atoms with van der Waals surface area (Å²) in [5.74, 6) is -0.555. The highest BCUT2D eigenvalue weighted by Crippen LogP contribution is 2.31. The van der Waals surface area contributed by atoms with Crippen molar-refractivity contribution in [3.05, 3.63) is 60.2 Å². The molecule has 3 aromatic rings. The lowest BCUT2D eigenvalue weighted by Crippen LogP contribution is -2.41. The van der Waals surface area contributed by atoms with Gasteiger partial charge in [0.1, 0.15) is 11.6 Å². The molecule has 0 radical (unpaired) electrons. The quantitative estimate of drug-likeness (QED) is 0.491. The Labute approximate surface area is 194 Å². The molecule has 174 valence electrons. The van der Waals surface area contributed by atoms with Gasteiger partial charge in [0.2, 0.25) is 5.91 Å². The van der Waals surface area contributed by atoms with Crippen molar-refractivity contribution < 1.29 is 22.0 Å². The number of aromatic nitrogens is 3. The molecule has 0 aliphatic carbocycles. The summed E-state index contributed by atoms with van der Waals surface area (Å²) in [4.78, 5) is 14.5. The lowest BCUT2D eigenvalue weighted by Gasteiger charge is -2.26. The predicted molar refractivity (Wildman–Crippen MR) is 122 cm³/mol. The van der Waals surface area contributed by atoms with Crippen LogP contribution in [0.4, 0.5) is 8.78 Å². The van der Waals surface area contributed by atoms with E-state index in [1.54, 1.807) is 42.8 Å². The van der Waals surface area contributed by atoms with Gasteiger partial charge in [0.25, 0.3) is 0 Å². The third kappa shape index (κ3) is 5.09. The zero-order valence-electron chi connectivity index (χ0n) is 18.0. The Kier molecular flexibility index (Phi) is 6.53. The second-order valence-electron chi connectivity index (χ2n) is 7.89. The van der Waals surface area contributed by atoms with Gasteiger partial charge in [0.15, 0.2) is 20.8 Å². The Morgan fingerprint density at radius 1 is 1.09 bits per heavy atom. The number of hydrogen-bond acceptors (Lipinski definition) is 6. The number of carbonyl (C=O) groups is 1. The van der Waals surface area contributed by atoms with E-state index in [1.165, 1.54) is 29.2 Å². The smallest absolute Gasteiger partial charge is 0.235 e. The molecule has 1 aromatic heterocycles. The Morgan fingerprint density at radius 2 is 1.70 bits per heavy atom. The molecule has 1 amide bonds. The molecule has 4 rings (SSSR count). The van der Waals surface area contributed by atoms with Crippen LogP contribution in [0.25, 0.3) is 17.1 Å². The number of thioether (sulfide) groups is 1. The van der Waals surface area contributed by atoms with Gasteiger partial charge in [-0.3, -0.25) is 9.36 Å². The van der Waals surface area contributed by atoms with Gasteiger partial charge in [-0.2, -0.15) is 0 Å². The Bertz CT molecular complexity index is 1260. The van der Waals surface area contributed by atoms with Gasteiger partial charge in [0, 0.05) is 24.3 Å². The first-order chi connectivity index (χ1) is 15.6. The van der Waals surface area contributed by atoms with E-state index < -0.39 is 26.7 Å². The van der Waals surface area contributed by atoms with Crippen molar-refractivity contribution in [2.24, 2.45) is 0 Å². The highest BCUT2D eigenvalue weighted by molar-refractivity contribution is 8.00. The first-order valence-electron chi connectivity index (χ1n) is 10.3. The summed E-state index contributed by atoms with van der Waals surface area (Å²) in [5.41, 5.74) is 1.19. The molecular formula is C22H22F2N4O3S2. The molecule has 0 spiro atoms. The van der Waals surface area contributed by atoms with Gasteiger partial charge in [-0.25, -0.2) is 17.2 Å². The molecule has 11 heteroatoms. The number of benzene rings is 2. The van der Waals surface area contributed by atoms with Crippen molar-refractivity contribution >= 4 is 27.5 Å². The number of amides is 1. The first-order valence-corrected chi connectivity index (χ1v) is 13.0. The molecule has 2 aromatic carbocycles. The lowest BCUT2D eigenvalue weighted by molar-refractivity contribution is -0.130. The van der Waals surface area contributed by atoms with Crippen LogP contribution < -0.4 is 0 Å². The maximum Gasteiger partial charge on any atom is 0.235 e. The average Bonchev–Trinajstić information content (AvgIpc) is 3.36. The van der Waals surface area contributed by atoms with Crippen LogP contribution in [0.3, 0.4) is 0 Å². The number of halogens is 2. The van der Waals surface area contributed by atoms with Gasteiger partial charge in [0.05, 0.1) is 16.8 Å². The maximum atomic E-state index is 13.5. The standard InChI is InChI=1S/C22H22F2N4O3S2/c1-14(21(29)27(2)19-11-12-33(30,31)13-19)32-22-26-25-20(15-3-5-16(23)6-4-15)28(22)18-9-7-17(24)8-10-18/h3-10,14,19H,11-13H2,1-2H3. The van der Waals surface area contributed by atoms with E-state index >= 15 is 0 Å². The summed E-state index contributed by atoms with van der Waals surface area (Å²) in [6.45, 7) is 1.72. The van der Waals surface area contributed by atoms with E-state index in [2.05, 4.69) is 10.2 Å². The van der Waals surface area contributed by atoms with Crippen LogP contribution in [-0.4, -0.2) is 63.8 Å². The Balaban J connectivity index is 1.64. The SMILES string of the molecule is CC(Sc1nnc(-c2ccc(F)cc2)n1-c1ccc(F)cc1)C(=O)N(C)C1CCS(=O)(=O)C1. The zero-order chi connectivity index (χ0) is 23.8. The monoisotopic (exact) mass is 492 g/mol. The molecule has 1 aliphatic rings. The minimum absolute atomic E-state index is 0.0346. The second kappa shape index (κ2) is 9.22. The second-order valence-corrected chi connectivity index (χ2v) is 11.4. The Morgan fingerprint density at radius 3 is 2.27 bits per heavy atom. The van der Waals surface area contributed by atoms with Crippen LogP contribution in [0.1, 0.15) is 13.3 Å². The summed E-state index contributed by atoms with van der Waals surface area (Å²) in [6, 6.07) is 11.1. The van der Waals surface area contributed by atoms with Crippen LogP contribution in [0.5, 0.6) is 0 Å². The fourth-order valence-electron chi connectivity index (χ4n) is 3.71. The number of sulfone groups is 1. The van der Waals surface area contributed by atoms with Crippen LogP contribution >= 0.6 is 11.8 Å². The fraction of sp³-hybridized carbons (Fsp3) is 0.318. The van der Waals surface area contributed by atoms with Gasteiger partial charge in [-0.15, -0.1) is 10.2 Å². The fourth-order valence-corrected chi connectivity index (χ4v) is 6.45. The molecule has 0 bridgehead atoms. The minimum Gasteiger partial charge on any atom is -0.341 e. The number of rotatable bonds is 6. The largest absolute Gasteiger partial charge is 0.341 e. The van der Waals surface area contributed by atoms with Crippen LogP contribution in [0, 0.1) is 11.6 Å². The van der Waals surface area contributed by atoms with Crippen molar-refractivity contribution in [1.29, 1.82) is 0 Å². The van der Waals surface area contributed by atoms with Gasteiger partial charge < -0.3 is 4.90 Å². The van der Waals surface area contributed by atoms with Crippen LogP contribution in [-0.2, 0) is 14.6 Å². The molecular weight excluding hydrogens is 470 g/mol. The summed E-state index contributed by atoms with van der Waals surface area (Å²) in [6.07, 6.45) is 0.419. The molecule has 33 heavy (non-hydrogen) atoms. The highest BCUT2D eigenvalue weighted by Gasteiger charge is 2.34. The number of nitrogens with zero attached hydrogens (tertiary/aromatic N) is 4.